The fraction of sp³-hybridized carbons (Fsp3) is 0. The van der Waals surface area contributed by atoms with Crippen molar-refractivity contribution in [2.75, 3.05) is 0 Å². The Morgan fingerprint density at radius 1 is 1.62 bits per heavy atom. The average Bonchev–Trinajstić information content (AvgIpc) is 2.15. The van der Waals surface area contributed by atoms with E-state index in [0.717, 1.165) is 5.65 Å². The normalized spacial score (nSPS) is 10.5. The van der Waals surface area contributed by atoms with Crippen LogP contribution in [0.15, 0.2) is 18.6 Å². The molecule has 2 aromatic heterocycles. The molecule has 0 atom stereocenters. The van der Waals surface area contributed by atoms with E-state index in [1.807, 2.05) is 6.07 Å². The molecule has 1 N–H and O–H groups in total. The van der Waals surface area contributed by atoms with Crippen LogP contribution < -0.4 is 0 Å². The van der Waals surface area contributed by atoms with Crippen LogP contribution in [0.2, 0.25) is 0 Å². The van der Waals surface area contributed by atoms with Gasteiger partial charge in [0.05, 0.1) is 6.20 Å². The molecule has 8 heavy (non-hydrogen) atoms. The minimum Gasteiger partial charge on any atom is -0.260 e. The second-order valence-corrected chi connectivity index (χ2v) is 1.52. The Labute approximate surface area is 45.1 Å². The van der Waals surface area contributed by atoms with Crippen LogP contribution in [0.3, 0.4) is 0 Å². The van der Waals surface area contributed by atoms with Crippen molar-refractivity contribution in [2.45, 2.75) is 0 Å². The van der Waals surface area contributed by atoms with E-state index in [1.165, 1.54) is 0 Å². The molecule has 0 aliphatic carbocycles. The molecule has 0 unspecified atom stereocenters. The molecule has 0 aromatic carbocycles. The van der Waals surface area contributed by atoms with Crippen LogP contribution in [0, 0.1) is 0 Å². The zero-order chi connectivity index (χ0) is 5.40. The third-order valence-corrected chi connectivity index (χ3v) is 1.02. The number of aromatic nitrogens is 4. The van der Waals surface area contributed by atoms with Gasteiger partial charge < -0.3 is 0 Å². The highest BCUT2D eigenvalue weighted by atomic mass is 15.3. The lowest BCUT2D eigenvalue weighted by Gasteiger charge is -1.69. The van der Waals surface area contributed by atoms with E-state index in [2.05, 4.69) is 15.3 Å². The Kier molecular flexibility index (Phi) is 0.498. The molecular weight excluding hydrogens is 104 g/mol. The molecule has 0 radical (unpaired) electrons. The summed E-state index contributed by atoms with van der Waals surface area (Å²) in [4.78, 5) is 0. The monoisotopic (exact) mass is 108 g/mol. The predicted octanol–water partition coefficient (Wildman–Crippen LogP) is 0.0574. The summed E-state index contributed by atoms with van der Waals surface area (Å²) in [5.41, 5.74) is 0.921. The molecule has 40 valence electrons. The van der Waals surface area contributed by atoms with Gasteiger partial charge in [-0.05, 0) is 0 Å². The van der Waals surface area contributed by atoms with Crippen molar-refractivity contribution in [3.05, 3.63) is 18.6 Å². The quantitative estimate of drug-likeness (QED) is 0.518. The first-order chi connectivity index (χ1) is 3.97. The van der Waals surface area contributed by atoms with Crippen molar-refractivity contribution in [1.29, 1.82) is 0 Å². The van der Waals surface area contributed by atoms with Crippen molar-refractivity contribution in [3.63, 3.8) is 0 Å². The molecule has 0 amide bonds. The second-order valence-electron chi connectivity index (χ2n) is 1.52. The molecule has 0 aliphatic heterocycles. The highest BCUT2D eigenvalue weighted by Gasteiger charge is 1.88. The first-order valence-corrected chi connectivity index (χ1v) is 2.29. The molecule has 0 spiro atoms. The lowest BCUT2D eigenvalue weighted by molar-refractivity contribution is 0.955. The van der Waals surface area contributed by atoms with Crippen molar-refractivity contribution in [3.8, 4) is 0 Å². The summed E-state index contributed by atoms with van der Waals surface area (Å²) in [5, 5.41) is 10.4. The van der Waals surface area contributed by atoms with Gasteiger partial charge in [0.15, 0.2) is 5.65 Å². The van der Waals surface area contributed by atoms with Gasteiger partial charge in [-0.2, -0.15) is 10.2 Å². The minimum atomic E-state index is 0.921. The topological polar surface area (TPSA) is 46.0 Å². The van der Waals surface area contributed by atoms with Crippen LogP contribution in [0.4, 0.5) is 0 Å². The van der Waals surface area contributed by atoms with Crippen LogP contribution in [0.5, 0.6) is 0 Å². The standard InChI is InChI=1S/C4H4N4/c1-2-6-8-3-5-7-4(1)8/h1-3,7H. The largest absolute Gasteiger partial charge is 0.260 e. The summed E-state index contributed by atoms with van der Waals surface area (Å²) in [6.07, 6.45) is 3.34. The Morgan fingerprint density at radius 3 is 3.50 bits per heavy atom. The fourth-order valence-corrected chi connectivity index (χ4v) is 0.645. The Hall–Kier alpha value is -1.32. The van der Waals surface area contributed by atoms with Gasteiger partial charge in [0.25, 0.3) is 0 Å². The lowest BCUT2D eigenvalue weighted by atomic mass is 10.7. The molecular formula is C4H4N4. The molecule has 2 heterocycles. The van der Waals surface area contributed by atoms with Gasteiger partial charge in [-0.15, -0.1) is 0 Å². The molecule has 0 aliphatic rings. The van der Waals surface area contributed by atoms with Gasteiger partial charge >= 0.3 is 0 Å². The van der Waals surface area contributed by atoms with Crippen LogP contribution in [0.1, 0.15) is 0 Å². The van der Waals surface area contributed by atoms with Gasteiger partial charge in [0.2, 0.25) is 0 Å². The molecule has 0 saturated carbocycles. The molecule has 0 saturated heterocycles. The number of fused-ring (bicyclic) bond motifs is 1. The highest BCUT2D eigenvalue weighted by Crippen LogP contribution is 1.91. The molecule has 0 fully saturated rings. The van der Waals surface area contributed by atoms with Crippen LogP contribution in [0.25, 0.3) is 5.65 Å². The van der Waals surface area contributed by atoms with E-state index in [0.29, 0.717) is 0 Å². The maximum atomic E-state index is 3.90. The van der Waals surface area contributed by atoms with Gasteiger partial charge in [0, 0.05) is 6.07 Å². The van der Waals surface area contributed by atoms with Crippen LogP contribution in [-0.4, -0.2) is 19.8 Å². The maximum Gasteiger partial charge on any atom is 0.151 e. The molecule has 2 aromatic rings. The number of nitrogens with zero attached hydrogens (tertiary/aromatic N) is 3. The lowest BCUT2D eigenvalue weighted by Crippen LogP contribution is -1.75. The first-order valence-electron chi connectivity index (χ1n) is 2.29. The number of aromatic amines is 1. The summed E-state index contributed by atoms with van der Waals surface area (Å²) in [6, 6.07) is 1.85. The first kappa shape index (κ1) is 3.65. The van der Waals surface area contributed by atoms with E-state index in [9.17, 15) is 0 Å². The maximum absolute atomic E-state index is 3.90. The zero-order valence-corrected chi connectivity index (χ0v) is 4.07. The Balaban J connectivity index is 3.06. The van der Waals surface area contributed by atoms with E-state index >= 15 is 0 Å². The third-order valence-electron chi connectivity index (χ3n) is 1.02. The number of hydrogen-bond donors (Lipinski definition) is 1. The van der Waals surface area contributed by atoms with Crippen molar-refractivity contribution < 1.29 is 0 Å². The van der Waals surface area contributed by atoms with E-state index in [1.54, 1.807) is 17.0 Å². The number of nitrogens with one attached hydrogen (secondary N) is 1. The summed E-state index contributed by atoms with van der Waals surface area (Å²) < 4.78 is 1.67. The van der Waals surface area contributed by atoms with Gasteiger partial charge in [-0.25, -0.2) is 4.52 Å². The number of rotatable bonds is 0. The second kappa shape index (κ2) is 1.09. The summed E-state index contributed by atoms with van der Waals surface area (Å²) in [6.45, 7) is 0. The third kappa shape index (κ3) is 0.294. The van der Waals surface area contributed by atoms with Gasteiger partial charge in [0.1, 0.15) is 6.33 Å². The highest BCUT2D eigenvalue weighted by molar-refractivity contribution is 5.32. The van der Waals surface area contributed by atoms with Crippen LogP contribution >= 0.6 is 0 Å². The number of H-pyrrole nitrogens is 1. The molecule has 4 nitrogen and oxygen atoms in total. The minimum absolute atomic E-state index is 0.921. The Bertz CT molecular complexity index is 229. The SMILES string of the molecule is c1cc2[nH]ncn2n1. The smallest absolute Gasteiger partial charge is 0.151 e. The van der Waals surface area contributed by atoms with E-state index in [-0.39, 0.29) is 0 Å². The fourth-order valence-electron chi connectivity index (χ4n) is 0.645. The number of hydrogen-bond acceptors (Lipinski definition) is 2. The van der Waals surface area contributed by atoms with Crippen molar-refractivity contribution >= 4 is 5.65 Å². The molecule has 0 bridgehead atoms. The average molecular weight is 108 g/mol. The predicted molar refractivity (Wildman–Crippen MR) is 27.3 cm³/mol. The summed E-state index contributed by atoms with van der Waals surface area (Å²) >= 11 is 0. The zero-order valence-electron chi connectivity index (χ0n) is 4.07. The molecule has 4 heteroatoms. The van der Waals surface area contributed by atoms with Gasteiger partial charge in [-0.1, -0.05) is 0 Å². The summed E-state index contributed by atoms with van der Waals surface area (Å²) in [7, 11) is 0. The van der Waals surface area contributed by atoms with E-state index in [4.69, 9.17) is 0 Å². The molecule has 2 rings (SSSR count). The summed E-state index contributed by atoms with van der Waals surface area (Å²) in [5.74, 6) is 0. The van der Waals surface area contributed by atoms with E-state index < -0.39 is 0 Å². The van der Waals surface area contributed by atoms with Crippen molar-refractivity contribution in [2.24, 2.45) is 0 Å². The van der Waals surface area contributed by atoms with Crippen molar-refractivity contribution in [1.82, 2.24) is 19.8 Å². The van der Waals surface area contributed by atoms with Gasteiger partial charge in [-0.3, -0.25) is 5.10 Å². The Morgan fingerprint density at radius 2 is 2.62 bits per heavy atom. The van der Waals surface area contributed by atoms with Crippen LogP contribution in [-0.2, 0) is 0 Å².